The number of nitriles is 1. The van der Waals surface area contributed by atoms with E-state index in [0.717, 1.165) is 6.42 Å². The third kappa shape index (κ3) is 3.90. The highest BCUT2D eigenvalue weighted by atomic mass is 14.2. The Hall–Kier alpha value is -1.55. The molecule has 1 aromatic carbocycles. The summed E-state index contributed by atoms with van der Waals surface area (Å²) in [5, 5.41) is 8.48. The van der Waals surface area contributed by atoms with Crippen molar-refractivity contribution in [2.45, 2.75) is 39.5 Å². The van der Waals surface area contributed by atoms with Crippen LogP contribution < -0.4 is 0 Å². The van der Waals surface area contributed by atoms with Gasteiger partial charge in [0, 0.05) is 0 Å². The van der Waals surface area contributed by atoms with Gasteiger partial charge in [0.1, 0.15) is 0 Å². The van der Waals surface area contributed by atoms with Gasteiger partial charge in [0.15, 0.2) is 0 Å². The highest BCUT2D eigenvalue weighted by Crippen LogP contribution is 2.16. The Bertz CT molecular complexity index is 390. The van der Waals surface area contributed by atoms with Crippen molar-refractivity contribution in [1.29, 1.82) is 5.26 Å². The number of hydrogen-bond donors (Lipinski definition) is 0. The lowest BCUT2D eigenvalue weighted by Gasteiger charge is -2.07. The first-order valence-electron chi connectivity index (χ1n) is 5.75. The van der Waals surface area contributed by atoms with Crippen molar-refractivity contribution in [3.63, 3.8) is 0 Å². The second kappa shape index (κ2) is 6.12. The molecule has 0 heterocycles. The fraction of sp³-hybridized carbons (Fsp3) is 0.400. The van der Waals surface area contributed by atoms with E-state index in [9.17, 15) is 0 Å². The van der Waals surface area contributed by atoms with E-state index in [1.807, 2.05) is 6.08 Å². The van der Waals surface area contributed by atoms with E-state index in [2.05, 4.69) is 51.1 Å². The first-order chi connectivity index (χ1) is 7.63. The molecule has 0 bridgehead atoms. The van der Waals surface area contributed by atoms with Crippen LogP contribution in [0.2, 0.25) is 0 Å². The molecule has 1 heteroatoms. The van der Waals surface area contributed by atoms with Gasteiger partial charge in [-0.2, -0.15) is 5.26 Å². The first kappa shape index (κ1) is 12.5. The third-order valence-corrected chi connectivity index (χ3v) is 2.67. The number of nitrogens with zero attached hydrogens (tertiary/aromatic N) is 1. The van der Waals surface area contributed by atoms with E-state index in [1.54, 1.807) is 0 Å². The van der Waals surface area contributed by atoms with E-state index < -0.39 is 0 Å². The predicted molar refractivity (Wildman–Crippen MR) is 68.2 cm³/mol. The summed E-state index contributed by atoms with van der Waals surface area (Å²) in [6.45, 7) is 6.48. The van der Waals surface area contributed by atoms with E-state index in [1.165, 1.54) is 16.7 Å². The minimum atomic E-state index is 0.510. The van der Waals surface area contributed by atoms with E-state index >= 15 is 0 Å². The molecular formula is C15H19N. The molecule has 0 fully saturated rings. The van der Waals surface area contributed by atoms with Crippen LogP contribution in [-0.2, 0) is 6.42 Å². The van der Waals surface area contributed by atoms with Crippen molar-refractivity contribution in [2.24, 2.45) is 0 Å². The maximum absolute atomic E-state index is 8.48. The van der Waals surface area contributed by atoms with Gasteiger partial charge in [0.25, 0.3) is 0 Å². The largest absolute Gasteiger partial charge is 0.198 e. The normalized spacial score (nSPS) is 11.6. The van der Waals surface area contributed by atoms with E-state index in [4.69, 9.17) is 5.26 Å². The fourth-order valence-electron chi connectivity index (χ4n) is 1.63. The molecule has 0 unspecified atom stereocenters. The highest BCUT2D eigenvalue weighted by molar-refractivity contribution is 5.27. The summed E-state index contributed by atoms with van der Waals surface area (Å²) in [4.78, 5) is 0. The lowest BCUT2D eigenvalue weighted by Crippen LogP contribution is -1.90. The monoisotopic (exact) mass is 213 g/mol. The molecule has 0 amide bonds. The maximum atomic E-state index is 8.48. The van der Waals surface area contributed by atoms with Crippen molar-refractivity contribution in [3.8, 4) is 6.07 Å². The summed E-state index contributed by atoms with van der Waals surface area (Å²) in [5.41, 5.74) is 3.96. The lowest BCUT2D eigenvalue weighted by atomic mass is 9.99. The van der Waals surface area contributed by atoms with E-state index in [0.29, 0.717) is 12.3 Å². The summed E-state index contributed by atoms with van der Waals surface area (Å²) < 4.78 is 0. The van der Waals surface area contributed by atoms with Gasteiger partial charge in [-0.15, -0.1) is 0 Å². The number of rotatable bonds is 4. The maximum Gasteiger partial charge on any atom is 0.0663 e. The Morgan fingerprint density at radius 3 is 2.44 bits per heavy atom. The average molecular weight is 213 g/mol. The Balaban J connectivity index is 2.66. The summed E-state index contributed by atoms with van der Waals surface area (Å²) in [5.74, 6) is 0.587. The first-order valence-corrected chi connectivity index (χ1v) is 5.75. The predicted octanol–water partition coefficient (Wildman–Crippen LogP) is 4.21. The molecule has 0 aliphatic rings. The molecule has 0 saturated heterocycles. The molecule has 1 aromatic rings. The highest BCUT2D eigenvalue weighted by Gasteiger charge is 1.99. The van der Waals surface area contributed by atoms with Crippen molar-refractivity contribution in [2.75, 3.05) is 0 Å². The molecule has 0 atom stereocenters. The molecule has 0 saturated carbocycles. The fourth-order valence-corrected chi connectivity index (χ4v) is 1.63. The summed E-state index contributed by atoms with van der Waals surface area (Å²) in [6, 6.07) is 10.9. The van der Waals surface area contributed by atoms with Crippen LogP contribution in [0, 0.1) is 11.3 Å². The lowest BCUT2D eigenvalue weighted by molar-refractivity contribution is 0.865. The van der Waals surface area contributed by atoms with Crippen molar-refractivity contribution >= 4 is 0 Å². The van der Waals surface area contributed by atoms with Gasteiger partial charge in [-0.05, 0) is 30.4 Å². The van der Waals surface area contributed by atoms with Crippen LogP contribution >= 0.6 is 0 Å². The van der Waals surface area contributed by atoms with Crippen LogP contribution in [0.1, 0.15) is 44.2 Å². The molecule has 0 aliphatic heterocycles. The van der Waals surface area contributed by atoms with E-state index in [-0.39, 0.29) is 0 Å². The quantitative estimate of drug-likeness (QED) is 0.687. The molecule has 84 valence electrons. The van der Waals surface area contributed by atoms with Crippen LogP contribution in [0.4, 0.5) is 0 Å². The summed E-state index contributed by atoms with van der Waals surface area (Å²) in [6.07, 6.45) is 3.45. The Morgan fingerprint density at radius 2 is 1.94 bits per heavy atom. The zero-order chi connectivity index (χ0) is 12.0. The van der Waals surface area contributed by atoms with Gasteiger partial charge >= 0.3 is 0 Å². The minimum Gasteiger partial charge on any atom is -0.198 e. The molecule has 1 rings (SSSR count). The molecule has 0 aromatic heterocycles. The van der Waals surface area contributed by atoms with Crippen molar-refractivity contribution < 1.29 is 0 Å². The molecule has 0 spiro atoms. The van der Waals surface area contributed by atoms with Gasteiger partial charge in [-0.1, -0.05) is 49.8 Å². The molecule has 0 N–H and O–H groups in total. The van der Waals surface area contributed by atoms with Crippen LogP contribution in [0.3, 0.4) is 0 Å². The molecule has 16 heavy (non-hydrogen) atoms. The number of hydrogen-bond acceptors (Lipinski definition) is 1. The van der Waals surface area contributed by atoms with Gasteiger partial charge < -0.3 is 0 Å². The van der Waals surface area contributed by atoms with Crippen molar-refractivity contribution in [3.05, 3.63) is 47.0 Å². The molecule has 0 aliphatic carbocycles. The second-order valence-electron chi connectivity index (χ2n) is 4.49. The Morgan fingerprint density at radius 1 is 1.31 bits per heavy atom. The van der Waals surface area contributed by atoms with Crippen LogP contribution in [0.5, 0.6) is 0 Å². The standard InChI is InChI=1S/C15H19N/c1-12(2)15-8-6-14(7-9-15)11-13(3)5-4-10-16/h5-9,12H,4,11H2,1-3H3/b13-5+. The number of benzene rings is 1. The van der Waals surface area contributed by atoms with Crippen LogP contribution in [0.15, 0.2) is 35.9 Å². The Labute approximate surface area is 98.4 Å². The third-order valence-electron chi connectivity index (χ3n) is 2.67. The van der Waals surface area contributed by atoms with Crippen LogP contribution in [-0.4, -0.2) is 0 Å². The topological polar surface area (TPSA) is 23.8 Å². The Kier molecular flexibility index (Phi) is 4.79. The molecular weight excluding hydrogens is 194 g/mol. The molecule has 1 nitrogen and oxygen atoms in total. The smallest absolute Gasteiger partial charge is 0.0663 e. The minimum absolute atomic E-state index is 0.510. The van der Waals surface area contributed by atoms with Crippen molar-refractivity contribution in [1.82, 2.24) is 0 Å². The average Bonchev–Trinajstić information content (AvgIpc) is 2.27. The summed E-state index contributed by atoms with van der Waals surface area (Å²) >= 11 is 0. The zero-order valence-corrected chi connectivity index (χ0v) is 10.3. The van der Waals surface area contributed by atoms with Gasteiger partial charge in [-0.3, -0.25) is 0 Å². The number of allylic oxidation sites excluding steroid dienone is 2. The van der Waals surface area contributed by atoms with Gasteiger partial charge in [0.2, 0.25) is 0 Å². The van der Waals surface area contributed by atoms with Crippen LogP contribution in [0.25, 0.3) is 0 Å². The SMILES string of the molecule is C/C(=C\CC#N)Cc1ccc(C(C)C)cc1. The zero-order valence-electron chi connectivity index (χ0n) is 10.3. The van der Waals surface area contributed by atoms with Gasteiger partial charge in [0.05, 0.1) is 12.5 Å². The summed E-state index contributed by atoms with van der Waals surface area (Å²) in [7, 11) is 0. The second-order valence-corrected chi connectivity index (χ2v) is 4.49. The van der Waals surface area contributed by atoms with Gasteiger partial charge in [-0.25, -0.2) is 0 Å². The molecule has 0 radical (unpaired) electrons.